The third-order valence-electron chi connectivity index (χ3n) is 2.38. The Morgan fingerprint density at radius 1 is 0.667 bits per heavy atom. The van der Waals surface area contributed by atoms with Gasteiger partial charge in [-0.25, -0.2) is 0 Å². The molecule has 0 atom stereocenters. The van der Waals surface area contributed by atoms with E-state index in [1.165, 1.54) is 24.3 Å². The van der Waals surface area contributed by atoms with E-state index in [1.54, 1.807) is 12.1 Å². The molecule has 0 bridgehead atoms. The highest BCUT2D eigenvalue weighted by Crippen LogP contribution is 2.29. The number of benzene rings is 2. The fourth-order valence-corrected chi connectivity index (χ4v) is 2.55. The molecule has 0 unspecified atom stereocenters. The van der Waals surface area contributed by atoms with Gasteiger partial charge in [0.1, 0.15) is 11.5 Å². The average molecular weight is 447 g/mol. The van der Waals surface area contributed by atoms with E-state index >= 15 is 0 Å². The van der Waals surface area contributed by atoms with Crippen LogP contribution in [0.2, 0.25) is 20.1 Å². The van der Waals surface area contributed by atoms with E-state index in [1.807, 2.05) is 0 Å². The second-order valence-electron chi connectivity index (χ2n) is 4.06. The first-order chi connectivity index (χ1) is 11.3. The van der Waals surface area contributed by atoms with E-state index in [4.69, 9.17) is 79.1 Å². The predicted octanol–water partition coefficient (Wildman–Crippen LogP) is 6.86. The van der Waals surface area contributed by atoms with Gasteiger partial charge in [-0.3, -0.25) is 0 Å². The zero-order valence-corrected chi connectivity index (χ0v) is 16.0. The van der Waals surface area contributed by atoms with Crippen molar-refractivity contribution in [2.75, 3.05) is 0 Å². The molecule has 0 amide bonds. The Morgan fingerprint density at radius 3 is 1.38 bits per heavy atom. The molecule has 10 heteroatoms. The minimum Gasteiger partial charge on any atom is -0.427 e. The van der Waals surface area contributed by atoms with Gasteiger partial charge in [0.25, 0.3) is 0 Å². The largest absolute Gasteiger partial charge is 0.427 e. The van der Waals surface area contributed by atoms with Crippen molar-refractivity contribution in [3.05, 3.63) is 56.5 Å². The van der Waals surface area contributed by atoms with Crippen molar-refractivity contribution in [2.45, 2.75) is 0 Å². The van der Waals surface area contributed by atoms with Gasteiger partial charge in [-0.1, -0.05) is 56.6 Å². The first-order valence-corrected chi connectivity index (χ1v) is 8.34. The molecule has 0 aromatic heterocycles. The summed E-state index contributed by atoms with van der Waals surface area (Å²) in [6.07, 6.45) is 0. The Balaban J connectivity index is 2.05. The summed E-state index contributed by atoms with van der Waals surface area (Å²) in [5.41, 5.74) is 0. The number of rotatable bonds is 3. The monoisotopic (exact) mass is 444 g/mol. The third kappa shape index (κ3) is 5.88. The average Bonchev–Trinajstić information content (AvgIpc) is 2.51. The summed E-state index contributed by atoms with van der Waals surface area (Å²) < 4.78 is 10.4. The Hall–Kier alpha value is -0.880. The smallest absolute Gasteiger partial charge is 0.311 e. The molecule has 0 spiro atoms. The normalized spacial score (nSPS) is 12.2. The minimum absolute atomic E-state index is 0.253. The van der Waals surface area contributed by atoms with Crippen LogP contribution in [0.1, 0.15) is 0 Å². The molecule has 0 aliphatic heterocycles. The molecule has 2 aromatic rings. The van der Waals surface area contributed by atoms with Crippen molar-refractivity contribution >= 4 is 80.3 Å². The van der Waals surface area contributed by atoms with Crippen LogP contribution in [0.15, 0.2) is 46.6 Å². The maximum absolute atomic E-state index is 5.94. The Morgan fingerprint density at radius 2 is 1.04 bits per heavy atom. The zero-order valence-electron chi connectivity index (χ0n) is 11.4. The quantitative estimate of drug-likeness (QED) is 0.293. The molecular formula is C14H6Cl6N2O2. The van der Waals surface area contributed by atoms with E-state index < -0.39 is 0 Å². The third-order valence-corrected chi connectivity index (χ3v) is 3.75. The van der Waals surface area contributed by atoms with Crippen molar-refractivity contribution in [3.63, 3.8) is 0 Å². The van der Waals surface area contributed by atoms with Gasteiger partial charge in [-0.05, 0) is 59.6 Å². The van der Waals surface area contributed by atoms with Crippen LogP contribution in [-0.2, 0) is 0 Å². The maximum Gasteiger partial charge on any atom is 0.311 e. The Bertz CT molecular complexity index is 742. The molecular weight excluding hydrogens is 441 g/mol. The maximum atomic E-state index is 5.94. The molecule has 2 rings (SSSR count). The van der Waals surface area contributed by atoms with Crippen LogP contribution in [0.25, 0.3) is 0 Å². The van der Waals surface area contributed by atoms with Crippen LogP contribution < -0.4 is 9.47 Å². The molecule has 0 fully saturated rings. The van der Waals surface area contributed by atoms with Crippen molar-refractivity contribution in [1.82, 2.24) is 0 Å². The summed E-state index contributed by atoms with van der Waals surface area (Å²) in [5, 5.41) is 7.88. The topological polar surface area (TPSA) is 43.2 Å². The van der Waals surface area contributed by atoms with Crippen LogP contribution in [0.4, 0.5) is 0 Å². The molecule has 0 heterocycles. The second-order valence-corrected chi connectivity index (χ2v) is 6.39. The molecule has 24 heavy (non-hydrogen) atoms. The van der Waals surface area contributed by atoms with Gasteiger partial charge in [-0.15, -0.1) is 0 Å². The number of ether oxygens (including phenoxy) is 2. The molecule has 4 nitrogen and oxygen atoms in total. The first-order valence-electron chi connectivity index (χ1n) is 6.07. The lowest BCUT2D eigenvalue weighted by molar-refractivity contribution is 0.551. The fourth-order valence-electron chi connectivity index (χ4n) is 1.42. The van der Waals surface area contributed by atoms with Gasteiger partial charge in [0.05, 0.1) is 10.0 Å². The molecule has 126 valence electrons. The Kier molecular flexibility index (Phi) is 7.29. The highest BCUT2D eigenvalue weighted by atomic mass is 35.5. The van der Waals surface area contributed by atoms with E-state index in [0.29, 0.717) is 10.0 Å². The predicted molar refractivity (Wildman–Crippen MR) is 101 cm³/mol. The number of hydrogen-bond acceptors (Lipinski definition) is 4. The van der Waals surface area contributed by atoms with Crippen LogP contribution in [0, 0.1) is 0 Å². The van der Waals surface area contributed by atoms with Crippen LogP contribution in [-0.4, -0.2) is 10.7 Å². The van der Waals surface area contributed by atoms with Crippen LogP contribution >= 0.6 is 69.6 Å². The van der Waals surface area contributed by atoms with E-state index in [-0.39, 0.29) is 32.3 Å². The summed E-state index contributed by atoms with van der Waals surface area (Å²) >= 11 is 35.0. The number of hydrogen-bond donors (Lipinski definition) is 0. The number of nitrogens with zero attached hydrogens (tertiary/aromatic N) is 2. The molecule has 0 aliphatic carbocycles. The van der Waals surface area contributed by atoms with E-state index in [2.05, 4.69) is 10.2 Å². The molecule has 0 radical (unpaired) electrons. The second kappa shape index (κ2) is 8.99. The van der Waals surface area contributed by atoms with Gasteiger partial charge in [0.2, 0.25) is 0 Å². The van der Waals surface area contributed by atoms with Crippen molar-refractivity contribution in [2.24, 2.45) is 10.2 Å². The summed E-state index contributed by atoms with van der Waals surface area (Å²) in [4.78, 5) is 0. The fraction of sp³-hybridized carbons (Fsp3) is 0. The van der Waals surface area contributed by atoms with Crippen molar-refractivity contribution in [1.29, 1.82) is 0 Å². The standard InChI is InChI=1S/C14H6Cl6N2O2/c15-7-1-3-11(9(17)5-7)23-13(19)21-22-14(20)24-12-4-2-8(16)6-10(12)18/h1-6H/b21-13-,22-14-. The summed E-state index contributed by atoms with van der Waals surface area (Å²) in [6, 6.07) is 9.19. The van der Waals surface area contributed by atoms with Gasteiger partial charge in [-0.2, -0.15) is 0 Å². The lowest BCUT2D eigenvalue weighted by Crippen LogP contribution is -2.03. The van der Waals surface area contributed by atoms with Gasteiger partial charge in [0, 0.05) is 10.0 Å². The number of halogens is 6. The van der Waals surface area contributed by atoms with Gasteiger partial charge >= 0.3 is 10.7 Å². The summed E-state index contributed by atoms with van der Waals surface area (Å²) in [5.74, 6) is 0.505. The van der Waals surface area contributed by atoms with E-state index in [0.717, 1.165) is 0 Å². The van der Waals surface area contributed by atoms with Crippen LogP contribution in [0.3, 0.4) is 0 Å². The lowest BCUT2D eigenvalue weighted by Gasteiger charge is -2.05. The highest BCUT2D eigenvalue weighted by Gasteiger charge is 2.07. The van der Waals surface area contributed by atoms with Gasteiger partial charge < -0.3 is 9.47 Å². The summed E-state index contributed by atoms with van der Waals surface area (Å²) in [7, 11) is 0. The molecule has 2 aromatic carbocycles. The zero-order chi connectivity index (χ0) is 17.7. The van der Waals surface area contributed by atoms with Crippen LogP contribution in [0.5, 0.6) is 11.5 Å². The first kappa shape index (κ1) is 19.4. The molecule has 0 aliphatic rings. The molecule has 0 saturated heterocycles. The summed E-state index contributed by atoms with van der Waals surface area (Å²) in [6.45, 7) is 0. The van der Waals surface area contributed by atoms with Crippen molar-refractivity contribution in [3.8, 4) is 11.5 Å². The lowest BCUT2D eigenvalue weighted by atomic mass is 10.3. The molecule has 0 N–H and O–H groups in total. The van der Waals surface area contributed by atoms with Gasteiger partial charge in [0.15, 0.2) is 0 Å². The highest BCUT2D eigenvalue weighted by molar-refractivity contribution is 6.64. The minimum atomic E-state index is -0.330. The van der Waals surface area contributed by atoms with Crippen molar-refractivity contribution < 1.29 is 9.47 Å². The SMILES string of the molecule is Cl/C(=N/N=C(/Cl)Oc1ccc(Cl)cc1Cl)Oc1ccc(Cl)cc1Cl. The Labute approximate surface area is 167 Å². The molecule has 0 saturated carbocycles. The van der Waals surface area contributed by atoms with E-state index in [9.17, 15) is 0 Å².